The van der Waals surface area contributed by atoms with Crippen molar-refractivity contribution in [3.8, 4) is 0 Å². The van der Waals surface area contributed by atoms with Gasteiger partial charge in [-0.15, -0.1) is 0 Å². The summed E-state index contributed by atoms with van der Waals surface area (Å²) in [6.07, 6.45) is 3.64. The van der Waals surface area contributed by atoms with Crippen LogP contribution in [0.3, 0.4) is 0 Å². The zero-order chi connectivity index (χ0) is 11.2. The number of benzene rings is 1. The predicted octanol–water partition coefficient (Wildman–Crippen LogP) is 1.93. The van der Waals surface area contributed by atoms with Crippen molar-refractivity contribution < 1.29 is 5.11 Å². The van der Waals surface area contributed by atoms with Gasteiger partial charge in [0.25, 0.3) is 0 Å². The van der Waals surface area contributed by atoms with E-state index in [-0.39, 0.29) is 0 Å². The van der Waals surface area contributed by atoms with Crippen molar-refractivity contribution in [1.29, 1.82) is 0 Å². The predicted molar refractivity (Wildman–Crippen MR) is 66.4 cm³/mol. The average molecular weight is 219 g/mol. The molecule has 1 unspecified atom stereocenters. The molecule has 0 spiro atoms. The Balaban J connectivity index is 1.85. The summed E-state index contributed by atoms with van der Waals surface area (Å²) in [6, 6.07) is 10.5. The zero-order valence-electron chi connectivity index (χ0n) is 9.81. The molecule has 1 aliphatic heterocycles. The van der Waals surface area contributed by atoms with E-state index in [4.69, 9.17) is 0 Å². The lowest BCUT2D eigenvalue weighted by atomic mass is 10.00. The standard InChI is InChI=1S/C14H21NO/c16-12-14(11-15-8-4-5-9-15)10-13-6-2-1-3-7-13/h1-3,6-7,14,16H,4-5,8-12H2. The van der Waals surface area contributed by atoms with Gasteiger partial charge in [-0.05, 0) is 43.8 Å². The van der Waals surface area contributed by atoms with Crippen molar-refractivity contribution in [1.82, 2.24) is 4.90 Å². The quantitative estimate of drug-likeness (QED) is 0.818. The van der Waals surface area contributed by atoms with E-state index in [9.17, 15) is 5.11 Å². The molecule has 0 aromatic heterocycles. The number of hydrogen-bond donors (Lipinski definition) is 1. The first-order valence-corrected chi connectivity index (χ1v) is 6.25. The van der Waals surface area contributed by atoms with Gasteiger partial charge in [-0.3, -0.25) is 0 Å². The molecular weight excluding hydrogens is 198 g/mol. The van der Waals surface area contributed by atoms with E-state index in [0.717, 1.165) is 13.0 Å². The van der Waals surface area contributed by atoms with E-state index in [1.165, 1.54) is 31.5 Å². The smallest absolute Gasteiger partial charge is 0.0474 e. The third-order valence-electron chi connectivity index (χ3n) is 3.34. The fourth-order valence-electron chi connectivity index (χ4n) is 2.46. The lowest BCUT2D eigenvalue weighted by molar-refractivity contribution is 0.179. The zero-order valence-corrected chi connectivity index (χ0v) is 9.81. The van der Waals surface area contributed by atoms with E-state index in [2.05, 4.69) is 29.2 Å². The van der Waals surface area contributed by atoms with Crippen LogP contribution < -0.4 is 0 Å². The minimum absolute atomic E-state index is 0.297. The highest BCUT2D eigenvalue weighted by Crippen LogP contribution is 2.14. The minimum Gasteiger partial charge on any atom is -0.396 e. The van der Waals surface area contributed by atoms with Gasteiger partial charge in [0.15, 0.2) is 0 Å². The molecule has 1 aliphatic rings. The summed E-state index contributed by atoms with van der Waals surface area (Å²) in [5, 5.41) is 9.42. The summed E-state index contributed by atoms with van der Waals surface area (Å²) in [5.74, 6) is 0.389. The first kappa shape index (κ1) is 11.6. The van der Waals surface area contributed by atoms with E-state index >= 15 is 0 Å². The maximum atomic E-state index is 9.42. The molecule has 0 radical (unpaired) electrons. The average Bonchev–Trinajstić information content (AvgIpc) is 2.82. The lowest BCUT2D eigenvalue weighted by Gasteiger charge is -2.21. The van der Waals surface area contributed by atoms with Crippen LogP contribution in [0.5, 0.6) is 0 Å². The molecule has 16 heavy (non-hydrogen) atoms. The topological polar surface area (TPSA) is 23.5 Å². The molecule has 2 nitrogen and oxygen atoms in total. The molecule has 1 saturated heterocycles. The Morgan fingerprint density at radius 2 is 1.81 bits per heavy atom. The van der Waals surface area contributed by atoms with Gasteiger partial charge in [0.1, 0.15) is 0 Å². The van der Waals surface area contributed by atoms with Crippen LogP contribution in [0, 0.1) is 5.92 Å². The molecule has 0 aliphatic carbocycles. The van der Waals surface area contributed by atoms with Gasteiger partial charge in [0.2, 0.25) is 0 Å². The fraction of sp³-hybridized carbons (Fsp3) is 0.571. The maximum absolute atomic E-state index is 9.42. The minimum atomic E-state index is 0.297. The van der Waals surface area contributed by atoms with Gasteiger partial charge < -0.3 is 10.0 Å². The van der Waals surface area contributed by atoms with Crippen molar-refractivity contribution in [3.63, 3.8) is 0 Å². The summed E-state index contributed by atoms with van der Waals surface area (Å²) >= 11 is 0. The van der Waals surface area contributed by atoms with Crippen LogP contribution >= 0.6 is 0 Å². The van der Waals surface area contributed by atoms with Crippen LogP contribution in [0.15, 0.2) is 30.3 Å². The summed E-state index contributed by atoms with van der Waals surface area (Å²) in [7, 11) is 0. The number of likely N-dealkylation sites (tertiary alicyclic amines) is 1. The maximum Gasteiger partial charge on any atom is 0.0474 e. The molecule has 1 fully saturated rings. The molecule has 0 saturated carbocycles. The third kappa shape index (κ3) is 3.32. The molecule has 88 valence electrons. The summed E-state index contributed by atoms with van der Waals surface area (Å²) in [4.78, 5) is 2.48. The number of rotatable bonds is 5. The SMILES string of the molecule is OCC(Cc1ccccc1)CN1CCCC1. The molecule has 1 aromatic carbocycles. The Bertz CT molecular complexity index is 293. The number of aliphatic hydroxyl groups excluding tert-OH is 1. The Morgan fingerprint density at radius 1 is 1.12 bits per heavy atom. The van der Waals surface area contributed by atoms with E-state index in [1.807, 2.05) is 6.07 Å². The summed E-state index contributed by atoms with van der Waals surface area (Å²) in [6.45, 7) is 3.77. The highest BCUT2D eigenvalue weighted by molar-refractivity contribution is 5.15. The molecule has 2 rings (SSSR count). The van der Waals surface area contributed by atoms with Crippen LogP contribution in [0.1, 0.15) is 18.4 Å². The number of aliphatic hydroxyl groups is 1. The summed E-state index contributed by atoms with van der Waals surface area (Å²) in [5.41, 5.74) is 1.33. The first-order chi connectivity index (χ1) is 7.88. The largest absolute Gasteiger partial charge is 0.396 e. The van der Waals surface area contributed by atoms with Crippen molar-refractivity contribution in [2.24, 2.45) is 5.92 Å². The summed E-state index contributed by atoms with van der Waals surface area (Å²) < 4.78 is 0. The second kappa shape index (κ2) is 6.02. The molecule has 1 heterocycles. The molecular formula is C14H21NO. The fourth-order valence-corrected chi connectivity index (χ4v) is 2.46. The molecule has 1 aromatic rings. The number of nitrogens with zero attached hydrogens (tertiary/aromatic N) is 1. The van der Waals surface area contributed by atoms with Gasteiger partial charge in [-0.2, -0.15) is 0 Å². The third-order valence-corrected chi connectivity index (χ3v) is 3.34. The Hall–Kier alpha value is -0.860. The van der Waals surface area contributed by atoms with Crippen LogP contribution in [-0.2, 0) is 6.42 Å². The molecule has 1 atom stereocenters. The molecule has 2 heteroatoms. The number of hydrogen-bond acceptors (Lipinski definition) is 2. The monoisotopic (exact) mass is 219 g/mol. The van der Waals surface area contributed by atoms with Crippen LogP contribution in [0.25, 0.3) is 0 Å². The van der Waals surface area contributed by atoms with E-state index < -0.39 is 0 Å². The molecule has 0 bridgehead atoms. The molecule has 1 N–H and O–H groups in total. The van der Waals surface area contributed by atoms with Crippen LogP contribution in [0.2, 0.25) is 0 Å². The van der Waals surface area contributed by atoms with E-state index in [1.54, 1.807) is 0 Å². The Kier molecular flexibility index (Phi) is 4.37. The van der Waals surface area contributed by atoms with Gasteiger partial charge >= 0.3 is 0 Å². The van der Waals surface area contributed by atoms with Crippen molar-refractivity contribution >= 4 is 0 Å². The van der Waals surface area contributed by atoms with Gasteiger partial charge in [-0.25, -0.2) is 0 Å². The van der Waals surface area contributed by atoms with Gasteiger partial charge in [0, 0.05) is 13.2 Å². The van der Waals surface area contributed by atoms with Crippen molar-refractivity contribution in [2.75, 3.05) is 26.2 Å². The normalized spacial score (nSPS) is 18.8. The van der Waals surface area contributed by atoms with Crippen LogP contribution in [-0.4, -0.2) is 36.2 Å². The van der Waals surface area contributed by atoms with Gasteiger partial charge in [-0.1, -0.05) is 30.3 Å². The lowest BCUT2D eigenvalue weighted by Crippen LogP contribution is -2.29. The first-order valence-electron chi connectivity index (χ1n) is 6.25. The van der Waals surface area contributed by atoms with E-state index in [0.29, 0.717) is 12.5 Å². The second-order valence-corrected chi connectivity index (χ2v) is 4.75. The highest BCUT2D eigenvalue weighted by Gasteiger charge is 2.17. The Labute approximate surface area is 97.9 Å². The molecule has 0 amide bonds. The van der Waals surface area contributed by atoms with Crippen molar-refractivity contribution in [2.45, 2.75) is 19.3 Å². The Morgan fingerprint density at radius 3 is 2.44 bits per heavy atom. The highest BCUT2D eigenvalue weighted by atomic mass is 16.3. The van der Waals surface area contributed by atoms with Crippen molar-refractivity contribution in [3.05, 3.63) is 35.9 Å². The second-order valence-electron chi connectivity index (χ2n) is 4.75. The van der Waals surface area contributed by atoms with Gasteiger partial charge in [0.05, 0.1) is 0 Å². The van der Waals surface area contributed by atoms with Crippen LogP contribution in [0.4, 0.5) is 0 Å².